The molecule has 3 N–H and O–H groups in total. The molecular weight excluding hydrogens is 432 g/mol. The first kappa shape index (κ1) is 24.5. The molecule has 9 nitrogen and oxygen atoms in total. The highest BCUT2D eigenvalue weighted by Crippen LogP contribution is 2.34. The van der Waals surface area contributed by atoms with Crippen LogP contribution in [0.1, 0.15) is 46.1 Å². The first-order valence-corrected chi connectivity index (χ1v) is 12.5. The third kappa shape index (κ3) is 6.20. The summed E-state index contributed by atoms with van der Waals surface area (Å²) in [7, 11) is -3.77. The number of amides is 2. The van der Waals surface area contributed by atoms with E-state index >= 15 is 0 Å². The summed E-state index contributed by atoms with van der Waals surface area (Å²) in [6, 6.07) is 4.65. The lowest BCUT2D eigenvalue weighted by molar-refractivity contribution is -0.120. The molecule has 1 aromatic carbocycles. The van der Waals surface area contributed by atoms with E-state index in [1.54, 1.807) is 17.0 Å². The van der Waals surface area contributed by atoms with Gasteiger partial charge in [-0.15, -0.1) is 0 Å². The summed E-state index contributed by atoms with van der Waals surface area (Å²) in [4.78, 5) is 28.9. The summed E-state index contributed by atoms with van der Waals surface area (Å²) in [5, 5.41) is 8.07. The predicted molar refractivity (Wildman–Crippen MR) is 122 cm³/mol. The van der Waals surface area contributed by atoms with Gasteiger partial charge in [0.25, 0.3) is 0 Å². The average Bonchev–Trinajstić information content (AvgIpc) is 3.00. The summed E-state index contributed by atoms with van der Waals surface area (Å²) < 4.78 is 28.5. The molecule has 1 atom stereocenters. The fourth-order valence-electron chi connectivity index (χ4n) is 4.32. The van der Waals surface area contributed by atoms with Crippen molar-refractivity contribution in [2.24, 2.45) is 11.1 Å². The van der Waals surface area contributed by atoms with E-state index in [9.17, 15) is 18.0 Å². The highest BCUT2D eigenvalue weighted by Gasteiger charge is 2.33. The zero-order chi connectivity index (χ0) is 23.7. The molecule has 2 heterocycles. The van der Waals surface area contributed by atoms with Crippen LogP contribution in [0.4, 0.5) is 10.5 Å². The van der Waals surface area contributed by atoms with Gasteiger partial charge in [0.05, 0.1) is 11.4 Å². The second-order valence-electron chi connectivity index (χ2n) is 9.75. The highest BCUT2D eigenvalue weighted by atomic mass is 32.2. The van der Waals surface area contributed by atoms with Crippen molar-refractivity contribution in [1.29, 1.82) is 0 Å². The van der Waals surface area contributed by atoms with Crippen molar-refractivity contribution < 1.29 is 22.7 Å². The van der Waals surface area contributed by atoms with Crippen LogP contribution in [-0.4, -0.2) is 63.1 Å². The number of sulfonamides is 1. The molecule has 0 radical (unpaired) electrons. The fraction of sp³-hybridized carbons (Fsp3) is 0.636. The van der Waals surface area contributed by atoms with Crippen LogP contribution in [0.2, 0.25) is 0 Å². The van der Waals surface area contributed by atoms with Gasteiger partial charge in [0.15, 0.2) is 0 Å². The van der Waals surface area contributed by atoms with Gasteiger partial charge in [-0.1, -0.05) is 0 Å². The van der Waals surface area contributed by atoms with Gasteiger partial charge in [0.2, 0.25) is 15.9 Å². The number of benzene rings is 1. The Morgan fingerprint density at radius 3 is 2.47 bits per heavy atom. The van der Waals surface area contributed by atoms with Crippen molar-refractivity contribution >= 4 is 27.7 Å². The maximum absolute atomic E-state index is 13.1. The Morgan fingerprint density at radius 2 is 1.88 bits per heavy atom. The Morgan fingerprint density at radius 1 is 1.22 bits per heavy atom. The van der Waals surface area contributed by atoms with Crippen molar-refractivity contribution in [1.82, 2.24) is 10.2 Å². The van der Waals surface area contributed by atoms with E-state index in [-0.39, 0.29) is 16.8 Å². The van der Waals surface area contributed by atoms with Gasteiger partial charge in [0, 0.05) is 18.3 Å². The first-order chi connectivity index (χ1) is 14.8. The standard InChI is InChI=1S/C22H34N4O5S/c1-15-11-17-12-18(32(23,29)30)5-6-19(17)26(15)20(27)14-25-9-7-16(8-10-25)13-24-21(28)31-22(2,3)4/h5-6,12,15-16H,7-11,13-14H2,1-4H3,(H,24,28)(H2,23,29,30). The molecule has 0 bridgehead atoms. The molecule has 0 aliphatic carbocycles. The SMILES string of the molecule is CC1Cc2cc(S(N)(=O)=O)ccc2N1C(=O)CN1CCC(CNC(=O)OC(C)(C)C)CC1. The zero-order valence-corrected chi connectivity index (χ0v) is 20.1. The molecule has 1 fully saturated rings. The number of likely N-dealkylation sites (tertiary alicyclic amines) is 1. The third-order valence-electron chi connectivity index (χ3n) is 5.86. The van der Waals surface area contributed by atoms with Crippen molar-refractivity contribution in [3.05, 3.63) is 23.8 Å². The third-order valence-corrected chi connectivity index (χ3v) is 6.77. The summed E-state index contributed by atoms with van der Waals surface area (Å²) in [5.74, 6) is 0.363. The van der Waals surface area contributed by atoms with Gasteiger partial charge in [-0.3, -0.25) is 9.69 Å². The number of ether oxygens (including phenoxy) is 1. The van der Waals surface area contributed by atoms with E-state index in [2.05, 4.69) is 10.2 Å². The lowest BCUT2D eigenvalue weighted by Gasteiger charge is -2.33. The number of hydrogen-bond acceptors (Lipinski definition) is 6. The minimum absolute atomic E-state index is 0.00457. The lowest BCUT2D eigenvalue weighted by atomic mass is 9.97. The van der Waals surface area contributed by atoms with Crippen LogP contribution in [0, 0.1) is 5.92 Å². The molecule has 3 rings (SSSR count). The summed E-state index contributed by atoms with van der Waals surface area (Å²) in [5.41, 5.74) is 1.06. The Hall–Kier alpha value is -2.17. The molecule has 0 spiro atoms. The number of fused-ring (bicyclic) bond motifs is 1. The normalized spacial score (nSPS) is 20.2. The van der Waals surface area contributed by atoms with Crippen LogP contribution in [-0.2, 0) is 26.0 Å². The monoisotopic (exact) mass is 466 g/mol. The summed E-state index contributed by atoms with van der Waals surface area (Å²) >= 11 is 0. The molecule has 2 aliphatic rings. The molecule has 32 heavy (non-hydrogen) atoms. The number of primary sulfonamides is 1. The summed E-state index contributed by atoms with van der Waals surface area (Å²) in [6.45, 7) is 9.91. The minimum atomic E-state index is -3.77. The van der Waals surface area contributed by atoms with Gasteiger partial charge < -0.3 is 15.0 Å². The van der Waals surface area contributed by atoms with E-state index in [0.717, 1.165) is 37.2 Å². The van der Waals surface area contributed by atoms with Crippen LogP contribution in [0.15, 0.2) is 23.1 Å². The van der Waals surface area contributed by atoms with E-state index in [4.69, 9.17) is 9.88 Å². The number of rotatable bonds is 5. The van der Waals surface area contributed by atoms with Crippen LogP contribution >= 0.6 is 0 Å². The maximum atomic E-state index is 13.1. The van der Waals surface area contributed by atoms with Gasteiger partial charge in [0.1, 0.15) is 5.60 Å². The quantitative estimate of drug-likeness (QED) is 0.683. The van der Waals surface area contributed by atoms with Crippen LogP contribution in [0.5, 0.6) is 0 Å². The van der Waals surface area contributed by atoms with E-state index in [1.165, 1.54) is 6.07 Å². The van der Waals surface area contributed by atoms with Crippen molar-refractivity contribution in [2.75, 3.05) is 31.1 Å². The molecule has 2 amide bonds. The van der Waals surface area contributed by atoms with Crippen LogP contribution in [0.3, 0.4) is 0 Å². The van der Waals surface area contributed by atoms with Gasteiger partial charge in [-0.25, -0.2) is 18.4 Å². The number of carbonyl (C=O) groups excluding carboxylic acids is 2. The van der Waals surface area contributed by atoms with Crippen molar-refractivity contribution in [2.45, 2.75) is 63.5 Å². The zero-order valence-electron chi connectivity index (χ0n) is 19.3. The molecule has 10 heteroatoms. The highest BCUT2D eigenvalue weighted by molar-refractivity contribution is 7.89. The number of nitrogens with two attached hydrogens (primary N) is 1. The average molecular weight is 467 g/mol. The number of nitrogens with zero attached hydrogens (tertiary/aromatic N) is 2. The van der Waals surface area contributed by atoms with E-state index in [1.807, 2.05) is 27.7 Å². The summed E-state index contributed by atoms with van der Waals surface area (Å²) in [6.07, 6.45) is 1.99. The van der Waals surface area contributed by atoms with Gasteiger partial charge >= 0.3 is 6.09 Å². The number of nitrogens with one attached hydrogen (secondary N) is 1. The van der Waals surface area contributed by atoms with Crippen molar-refractivity contribution in [3.63, 3.8) is 0 Å². The molecule has 2 aliphatic heterocycles. The molecule has 1 unspecified atom stereocenters. The molecule has 178 valence electrons. The van der Waals surface area contributed by atoms with E-state index in [0.29, 0.717) is 25.4 Å². The smallest absolute Gasteiger partial charge is 0.407 e. The minimum Gasteiger partial charge on any atom is -0.444 e. The predicted octanol–water partition coefficient (Wildman–Crippen LogP) is 1.85. The molecule has 1 aromatic rings. The van der Waals surface area contributed by atoms with E-state index < -0.39 is 21.7 Å². The number of hydrogen-bond donors (Lipinski definition) is 2. The Balaban J connectivity index is 1.51. The molecule has 1 saturated heterocycles. The number of carbonyl (C=O) groups is 2. The molecule has 0 saturated carbocycles. The molecule has 0 aromatic heterocycles. The van der Waals surface area contributed by atoms with Gasteiger partial charge in [-0.05, 0) is 89.7 Å². The Bertz CT molecular complexity index is 965. The second-order valence-corrected chi connectivity index (χ2v) is 11.3. The van der Waals surface area contributed by atoms with Crippen LogP contribution in [0.25, 0.3) is 0 Å². The first-order valence-electron chi connectivity index (χ1n) is 11.0. The van der Waals surface area contributed by atoms with Crippen LogP contribution < -0.4 is 15.4 Å². The number of anilines is 1. The largest absolute Gasteiger partial charge is 0.444 e. The Labute approximate surface area is 190 Å². The van der Waals surface area contributed by atoms with Gasteiger partial charge in [-0.2, -0.15) is 0 Å². The maximum Gasteiger partial charge on any atom is 0.407 e. The topological polar surface area (TPSA) is 122 Å². The van der Waals surface area contributed by atoms with Crippen molar-refractivity contribution in [3.8, 4) is 0 Å². The number of alkyl carbamates (subject to hydrolysis) is 1. The fourth-order valence-corrected chi connectivity index (χ4v) is 4.89. The lowest BCUT2D eigenvalue weighted by Crippen LogP contribution is -2.46. The molecular formula is C22H34N4O5S. The second kappa shape index (κ2) is 9.36. The number of piperidine rings is 1. The Kier molecular flexibility index (Phi) is 7.16.